The summed E-state index contributed by atoms with van der Waals surface area (Å²) in [4.78, 5) is 31.2. The maximum atomic E-state index is 13.2. The number of hydrogen-bond acceptors (Lipinski definition) is 6. The number of Topliss-reactive ketones (excluding diaryl/α,β-unsaturated/α-hetero) is 1. The Balaban J connectivity index is 1.70. The highest BCUT2D eigenvalue weighted by atomic mass is 19.1. The predicted octanol–water partition coefficient (Wildman–Crippen LogP) is 3.87. The summed E-state index contributed by atoms with van der Waals surface area (Å²) >= 11 is 0. The topological polar surface area (TPSA) is 89.0 Å². The average Bonchev–Trinajstić information content (AvgIpc) is 3.12. The van der Waals surface area contributed by atoms with E-state index in [0.29, 0.717) is 16.9 Å². The smallest absolute Gasteiger partial charge is 0.295 e. The molecule has 2 heterocycles. The molecule has 0 radical (unpaired) electrons. The number of hydrogen-bond donors (Lipinski definition) is 1. The second-order valence-electron chi connectivity index (χ2n) is 7.71. The summed E-state index contributed by atoms with van der Waals surface area (Å²) in [5.41, 5.74) is 1.76. The van der Waals surface area contributed by atoms with Crippen LogP contribution in [0.4, 0.5) is 4.39 Å². The van der Waals surface area contributed by atoms with Gasteiger partial charge in [-0.05, 0) is 47.5 Å². The summed E-state index contributed by atoms with van der Waals surface area (Å²) in [6, 6.07) is 15.3. The van der Waals surface area contributed by atoms with Crippen molar-refractivity contribution in [1.82, 2.24) is 9.88 Å². The molecule has 0 saturated carbocycles. The number of benzene rings is 2. The number of halogens is 1. The van der Waals surface area contributed by atoms with E-state index in [0.717, 1.165) is 5.56 Å². The van der Waals surface area contributed by atoms with Gasteiger partial charge in [0.05, 0.1) is 18.2 Å². The number of likely N-dealkylation sites (tertiary alicyclic amines) is 1. The lowest BCUT2D eigenvalue weighted by Gasteiger charge is -2.25. The van der Waals surface area contributed by atoms with Gasteiger partial charge in [-0.25, -0.2) is 4.39 Å². The largest absolute Gasteiger partial charge is 0.507 e. The molecule has 1 N–H and O–H groups in total. The first-order valence-corrected chi connectivity index (χ1v) is 10.6. The number of carbonyl (C=O) groups is 2. The van der Waals surface area contributed by atoms with Gasteiger partial charge in [0.25, 0.3) is 11.7 Å². The Labute approximate surface area is 196 Å². The zero-order valence-electron chi connectivity index (χ0n) is 18.5. The summed E-state index contributed by atoms with van der Waals surface area (Å²) < 4.78 is 24.1. The monoisotopic (exact) mass is 462 g/mol. The predicted molar refractivity (Wildman–Crippen MR) is 122 cm³/mol. The lowest BCUT2D eigenvalue weighted by molar-refractivity contribution is -0.140. The SMILES string of the molecule is COCCN1C(=O)C(=O)/C(=C(\O)c2ccncc2)C1c1cccc(OCc2ccc(F)cc2)c1. The van der Waals surface area contributed by atoms with E-state index >= 15 is 0 Å². The van der Waals surface area contributed by atoms with Crippen molar-refractivity contribution in [2.45, 2.75) is 12.6 Å². The van der Waals surface area contributed by atoms with Crippen LogP contribution in [0.2, 0.25) is 0 Å². The number of nitrogens with zero attached hydrogens (tertiary/aromatic N) is 2. The fourth-order valence-corrected chi connectivity index (χ4v) is 3.83. The van der Waals surface area contributed by atoms with Gasteiger partial charge in [-0.3, -0.25) is 14.6 Å². The van der Waals surface area contributed by atoms with E-state index in [1.807, 2.05) is 0 Å². The summed E-state index contributed by atoms with van der Waals surface area (Å²) in [6.45, 7) is 0.601. The van der Waals surface area contributed by atoms with Crippen LogP contribution >= 0.6 is 0 Å². The molecule has 1 atom stereocenters. The summed E-state index contributed by atoms with van der Waals surface area (Å²) in [5, 5.41) is 11.0. The Morgan fingerprint density at radius 3 is 2.53 bits per heavy atom. The standard InChI is InChI=1S/C26H23FN2O5/c1-33-14-13-29-23(22(25(31)26(29)32)24(30)18-9-11-28-12-10-18)19-3-2-4-21(15-19)34-16-17-5-7-20(27)8-6-17/h2-12,15,23,30H,13-14,16H2,1H3/b24-22-. The third-order valence-electron chi connectivity index (χ3n) is 5.52. The molecule has 0 bridgehead atoms. The van der Waals surface area contributed by atoms with Gasteiger partial charge in [-0.1, -0.05) is 24.3 Å². The van der Waals surface area contributed by atoms with Gasteiger partial charge in [-0.15, -0.1) is 0 Å². The van der Waals surface area contributed by atoms with Crippen molar-refractivity contribution in [1.29, 1.82) is 0 Å². The molecule has 1 saturated heterocycles. The van der Waals surface area contributed by atoms with Crippen LogP contribution in [0, 0.1) is 5.82 Å². The molecule has 7 nitrogen and oxygen atoms in total. The molecule has 2 aromatic carbocycles. The molecule has 1 aliphatic rings. The third-order valence-corrected chi connectivity index (χ3v) is 5.52. The molecular formula is C26H23FN2O5. The number of pyridine rings is 1. The average molecular weight is 462 g/mol. The zero-order valence-corrected chi connectivity index (χ0v) is 18.5. The van der Waals surface area contributed by atoms with Gasteiger partial charge in [0, 0.05) is 31.6 Å². The Morgan fingerprint density at radius 2 is 1.82 bits per heavy atom. The molecule has 34 heavy (non-hydrogen) atoms. The van der Waals surface area contributed by atoms with Crippen LogP contribution in [0.1, 0.15) is 22.7 Å². The summed E-state index contributed by atoms with van der Waals surface area (Å²) in [5.74, 6) is -1.58. The first-order chi connectivity index (χ1) is 16.5. The second kappa shape index (κ2) is 10.3. The molecule has 1 aliphatic heterocycles. The van der Waals surface area contributed by atoms with Gasteiger partial charge >= 0.3 is 0 Å². The van der Waals surface area contributed by atoms with Crippen molar-refractivity contribution >= 4 is 17.4 Å². The fourth-order valence-electron chi connectivity index (χ4n) is 3.83. The van der Waals surface area contributed by atoms with Crippen molar-refractivity contribution < 1.29 is 28.6 Å². The molecule has 1 unspecified atom stereocenters. The lowest BCUT2D eigenvalue weighted by Crippen LogP contribution is -2.32. The number of rotatable bonds is 8. The number of amides is 1. The normalized spacial score (nSPS) is 17.2. The number of ether oxygens (including phenoxy) is 2. The highest BCUT2D eigenvalue weighted by Gasteiger charge is 2.46. The Hall–Kier alpha value is -4.04. The van der Waals surface area contributed by atoms with Crippen molar-refractivity contribution in [3.63, 3.8) is 0 Å². The first-order valence-electron chi connectivity index (χ1n) is 10.6. The minimum atomic E-state index is -0.822. The van der Waals surface area contributed by atoms with Crippen LogP contribution in [0.15, 0.2) is 78.6 Å². The molecule has 0 aliphatic carbocycles. The van der Waals surface area contributed by atoms with Crippen LogP contribution in [-0.2, 0) is 20.9 Å². The van der Waals surface area contributed by atoms with Gasteiger partial charge in [0.15, 0.2) is 0 Å². The minimum absolute atomic E-state index is 0.0111. The lowest BCUT2D eigenvalue weighted by atomic mass is 9.95. The van der Waals surface area contributed by atoms with Crippen LogP contribution in [-0.4, -0.2) is 46.9 Å². The number of aromatic nitrogens is 1. The molecule has 8 heteroatoms. The molecule has 1 fully saturated rings. The van der Waals surface area contributed by atoms with Gasteiger partial charge in [-0.2, -0.15) is 0 Å². The quantitative estimate of drug-likeness (QED) is 0.311. The van der Waals surface area contributed by atoms with E-state index in [9.17, 15) is 19.1 Å². The Morgan fingerprint density at radius 1 is 1.09 bits per heavy atom. The second-order valence-corrected chi connectivity index (χ2v) is 7.71. The van der Waals surface area contributed by atoms with Crippen molar-refractivity contribution in [2.75, 3.05) is 20.3 Å². The van der Waals surface area contributed by atoms with Crippen LogP contribution in [0.5, 0.6) is 5.75 Å². The highest BCUT2D eigenvalue weighted by Crippen LogP contribution is 2.40. The van der Waals surface area contributed by atoms with E-state index in [1.54, 1.807) is 48.5 Å². The Bertz CT molecular complexity index is 1210. The molecule has 174 valence electrons. The number of aliphatic hydroxyl groups is 1. The van der Waals surface area contributed by atoms with E-state index in [1.165, 1.54) is 36.5 Å². The minimum Gasteiger partial charge on any atom is -0.507 e. The summed E-state index contributed by atoms with van der Waals surface area (Å²) in [7, 11) is 1.51. The molecule has 4 rings (SSSR count). The third kappa shape index (κ3) is 4.82. The first kappa shape index (κ1) is 23.1. The van der Waals surface area contributed by atoms with Crippen molar-refractivity contribution in [3.05, 3.63) is 101 Å². The molecule has 1 aromatic heterocycles. The molecule has 3 aromatic rings. The van der Waals surface area contributed by atoms with Gasteiger partial charge in [0.2, 0.25) is 0 Å². The number of carbonyl (C=O) groups excluding carboxylic acids is 2. The number of methoxy groups -OCH3 is 1. The van der Waals surface area contributed by atoms with Crippen molar-refractivity contribution in [2.24, 2.45) is 0 Å². The van der Waals surface area contributed by atoms with E-state index < -0.39 is 17.7 Å². The fraction of sp³-hybridized carbons (Fsp3) is 0.192. The maximum absolute atomic E-state index is 13.2. The molecule has 1 amide bonds. The number of aliphatic hydroxyl groups excluding tert-OH is 1. The van der Waals surface area contributed by atoms with Crippen LogP contribution in [0.3, 0.4) is 0 Å². The summed E-state index contributed by atoms with van der Waals surface area (Å²) in [6.07, 6.45) is 2.99. The van der Waals surface area contributed by atoms with Gasteiger partial charge in [0.1, 0.15) is 23.9 Å². The number of ketones is 1. The maximum Gasteiger partial charge on any atom is 0.295 e. The van der Waals surface area contributed by atoms with E-state index in [-0.39, 0.29) is 36.9 Å². The Kier molecular flexibility index (Phi) is 6.98. The highest BCUT2D eigenvalue weighted by molar-refractivity contribution is 6.46. The molecule has 0 spiro atoms. The van der Waals surface area contributed by atoms with Crippen LogP contribution in [0.25, 0.3) is 5.76 Å². The van der Waals surface area contributed by atoms with Crippen LogP contribution < -0.4 is 4.74 Å². The zero-order chi connectivity index (χ0) is 24.1. The molecular weight excluding hydrogens is 439 g/mol. The van der Waals surface area contributed by atoms with Gasteiger partial charge < -0.3 is 19.5 Å². The van der Waals surface area contributed by atoms with E-state index in [2.05, 4.69) is 4.98 Å². The van der Waals surface area contributed by atoms with E-state index in [4.69, 9.17) is 9.47 Å². The van der Waals surface area contributed by atoms with Crippen molar-refractivity contribution in [3.8, 4) is 5.75 Å².